The highest BCUT2D eigenvalue weighted by Gasteiger charge is 2.17. The second-order valence-corrected chi connectivity index (χ2v) is 6.46. The van der Waals surface area contributed by atoms with E-state index in [4.69, 9.17) is 11.6 Å². The second-order valence-electron chi connectivity index (χ2n) is 6.02. The zero-order valence-corrected chi connectivity index (χ0v) is 14.6. The standard InChI is InChI=1S/C17H19ClN4O2/c1-4-21-16(23)13-15(20-14(19-13)10(2)3)22(17(21)24)9-11-5-7-12(18)8-6-11/h5-8,10H,4,9H2,1-3H3,(H,19,20). The molecule has 0 spiro atoms. The summed E-state index contributed by atoms with van der Waals surface area (Å²) in [7, 11) is 0. The van der Waals surface area contributed by atoms with Gasteiger partial charge in [-0.3, -0.25) is 13.9 Å². The van der Waals surface area contributed by atoms with Crippen LogP contribution in [0.2, 0.25) is 5.02 Å². The van der Waals surface area contributed by atoms with E-state index < -0.39 is 0 Å². The molecule has 0 aliphatic heterocycles. The zero-order chi connectivity index (χ0) is 17.4. The Bertz CT molecular complexity index is 996. The highest BCUT2D eigenvalue weighted by Crippen LogP contribution is 2.15. The first-order valence-corrected chi connectivity index (χ1v) is 8.27. The Balaban J connectivity index is 2.26. The molecule has 0 radical (unpaired) electrons. The Morgan fingerprint density at radius 3 is 2.42 bits per heavy atom. The van der Waals surface area contributed by atoms with Crippen molar-refractivity contribution in [2.75, 3.05) is 0 Å². The summed E-state index contributed by atoms with van der Waals surface area (Å²) in [6.45, 7) is 6.38. The van der Waals surface area contributed by atoms with Crippen molar-refractivity contribution in [3.8, 4) is 0 Å². The zero-order valence-electron chi connectivity index (χ0n) is 13.8. The maximum Gasteiger partial charge on any atom is 0.333 e. The molecule has 3 rings (SSSR count). The van der Waals surface area contributed by atoms with Gasteiger partial charge >= 0.3 is 5.69 Å². The van der Waals surface area contributed by atoms with E-state index in [0.717, 1.165) is 5.56 Å². The van der Waals surface area contributed by atoms with Crippen LogP contribution in [-0.4, -0.2) is 19.1 Å². The quantitative estimate of drug-likeness (QED) is 0.789. The minimum Gasteiger partial charge on any atom is -0.336 e. The molecular weight excluding hydrogens is 328 g/mol. The molecule has 1 N–H and O–H groups in total. The number of imidazole rings is 1. The number of halogens is 1. The Morgan fingerprint density at radius 1 is 1.17 bits per heavy atom. The van der Waals surface area contributed by atoms with Crippen molar-refractivity contribution >= 4 is 22.8 Å². The summed E-state index contributed by atoms with van der Waals surface area (Å²) in [6, 6.07) is 7.27. The van der Waals surface area contributed by atoms with Gasteiger partial charge in [-0.15, -0.1) is 0 Å². The van der Waals surface area contributed by atoms with Crippen LogP contribution in [0.1, 0.15) is 38.1 Å². The van der Waals surface area contributed by atoms with Crippen LogP contribution in [0.5, 0.6) is 0 Å². The molecule has 0 unspecified atom stereocenters. The second kappa shape index (κ2) is 6.28. The third-order valence-corrected chi connectivity index (χ3v) is 4.25. The molecule has 0 atom stereocenters. The first-order valence-electron chi connectivity index (χ1n) is 7.90. The van der Waals surface area contributed by atoms with Crippen LogP contribution in [0.4, 0.5) is 0 Å². The van der Waals surface area contributed by atoms with Crippen LogP contribution in [0, 0.1) is 0 Å². The molecule has 3 aromatic rings. The minimum absolute atomic E-state index is 0.131. The van der Waals surface area contributed by atoms with E-state index in [1.165, 1.54) is 9.13 Å². The first-order chi connectivity index (χ1) is 11.4. The van der Waals surface area contributed by atoms with E-state index in [-0.39, 0.29) is 17.2 Å². The van der Waals surface area contributed by atoms with E-state index in [0.29, 0.717) is 35.1 Å². The molecular formula is C17H19ClN4O2. The third-order valence-electron chi connectivity index (χ3n) is 4.00. The van der Waals surface area contributed by atoms with Crippen molar-refractivity contribution in [2.45, 2.75) is 39.8 Å². The molecule has 1 aromatic carbocycles. The molecule has 0 aliphatic rings. The smallest absolute Gasteiger partial charge is 0.333 e. The van der Waals surface area contributed by atoms with Gasteiger partial charge in [0.15, 0.2) is 5.65 Å². The van der Waals surface area contributed by atoms with Crippen LogP contribution in [0.25, 0.3) is 11.2 Å². The number of nitrogens with one attached hydrogen (secondary N) is 1. The molecule has 6 nitrogen and oxygen atoms in total. The van der Waals surface area contributed by atoms with Gasteiger partial charge in [0.2, 0.25) is 0 Å². The van der Waals surface area contributed by atoms with Crippen molar-refractivity contribution in [2.24, 2.45) is 0 Å². The van der Waals surface area contributed by atoms with Crippen LogP contribution in [-0.2, 0) is 13.1 Å². The molecule has 0 fully saturated rings. The molecule has 2 heterocycles. The summed E-state index contributed by atoms with van der Waals surface area (Å²) in [5.41, 5.74) is 0.997. The lowest BCUT2D eigenvalue weighted by molar-refractivity contribution is 0.615. The maximum atomic E-state index is 12.7. The van der Waals surface area contributed by atoms with Crippen LogP contribution >= 0.6 is 11.6 Å². The number of H-pyrrole nitrogens is 1. The number of nitrogens with zero attached hydrogens (tertiary/aromatic N) is 3. The van der Waals surface area contributed by atoms with E-state index in [2.05, 4.69) is 9.97 Å². The van der Waals surface area contributed by atoms with Gasteiger partial charge in [-0.05, 0) is 24.6 Å². The number of aromatic nitrogens is 4. The number of fused-ring (bicyclic) bond motifs is 1. The molecule has 0 saturated carbocycles. The fraction of sp³-hybridized carbons (Fsp3) is 0.353. The van der Waals surface area contributed by atoms with Crippen LogP contribution < -0.4 is 11.2 Å². The van der Waals surface area contributed by atoms with Gasteiger partial charge in [-0.1, -0.05) is 37.6 Å². The Morgan fingerprint density at radius 2 is 1.83 bits per heavy atom. The number of benzene rings is 1. The lowest BCUT2D eigenvalue weighted by atomic mass is 10.2. The van der Waals surface area contributed by atoms with Gasteiger partial charge in [0.25, 0.3) is 5.56 Å². The lowest BCUT2D eigenvalue weighted by Crippen LogP contribution is -2.39. The average molecular weight is 347 g/mol. The van der Waals surface area contributed by atoms with E-state index in [9.17, 15) is 9.59 Å². The normalized spacial score (nSPS) is 11.5. The van der Waals surface area contributed by atoms with Gasteiger partial charge in [0.05, 0.1) is 6.54 Å². The number of hydrogen-bond acceptors (Lipinski definition) is 3. The largest absolute Gasteiger partial charge is 0.336 e. The van der Waals surface area contributed by atoms with Gasteiger partial charge < -0.3 is 4.98 Å². The predicted molar refractivity (Wildman–Crippen MR) is 94.9 cm³/mol. The first kappa shape index (κ1) is 16.5. The summed E-state index contributed by atoms with van der Waals surface area (Å²) in [4.78, 5) is 32.8. The fourth-order valence-electron chi connectivity index (χ4n) is 2.65. The van der Waals surface area contributed by atoms with Crippen LogP contribution in [0.15, 0.2) is 33.9 Å². The molecule has 0 bridgehead atoms. The van der Waals surface area contributed by atoms with Crippen molar-refractivity contribution in [1.29, 1.82) is 0 Å². The molecule has 126 valence electrons. The summed E-state index contributed by atoms with van der Waals surface area (Å²) >= 11 is 5.92. The van der Waals surface area contributed by atoms with Crippen molar-refractivity contribution in [1.82, 2.24) is 19.1 Å². The van der Waals surface area contributed by atoms with Gasteiger partial charge in [0, 0.05) is 17.5 Å². The highest BCUT2D eigenvalue weighted by atomic mass is 35.5. The predicted octanol–water partition coefficient (Wildman–Crippen LogP) is 2.73. The lowest BCUT2D eigenvalue weighted by Gasteiger charge is -2.10. The van der Waals surface area contributed by atoms with E-state index in [1.54, 1.807) is 19.1 Å². The van der Waals surface area contributed by atoms with Crippen LogP contribution in [0.3, 0.4) is 0 Å². The summed E-state index contributed by atoms with van der Waals surface area (Å²) in [5.74, 6) is 0.825. The minimum atomic E-state index is -0.355. The maximum absolute atomic E-state index is 12.7. The van der Waals surface area contributed by atoms with E-state index in [1.807, 2.05) is 26.0 Å². The van der Waals surface area contributed by atoms with E-state index >= 15 is 0 Å². The monoisotopic (exact) mass is 346 g/mol. The van der Waals surface area contributed by atoms with Crippen molar-refractivity contribution < 1.29 is 0 Å². The van der Waals surface area contributed by atoms with Gasteiger partial charge in [0.1, 0.15) is 11.3 Å². The van der Waals surface area contributed by atoms with Crippen molar-refractivity contribution in [3.63, 3.8) is 0 Å². The summed E-state index contributed by atoms with van der Waals surface area (Å²) < 4.78 is 2.76. The summed E-state index contributed by atoms with van der Waals surface area (Å²) in [6.07, 6.45) is 0. The Kier molecular flexibility index (Phi) is 4.32. The summed E-state index contributed by atoms with van der Waals surface area (Å²) in [5, 5.41) is 0.636. The van der Waals surface area contributed by atoms with Crippen molar-refractivity contribution in [3.05, 3.63) is 61.5 Å². The number of hydrogen-bond donors (Lipinski definition) is 1. The molecule has 0 aliphatic carbocycles. The Hall–Kier alpha value is -2.34. The Labute approximate surface area is 143 Å². The third kappa shape index (κ3) is 2.78. The topological polar surface area (TPSA) is 72.7 Å². The molecule has 24 heavy (non-hydrogen) atoms. The fourth-order valence-corrected chi connectivity index (χ4v) is 2.78. The molecule has 2 aromatic heterocycles. The molecule has 7 heteroatoms. The van der Waals surface area contributed by atoms with Gasteiger partial charge in [-0.25, -0.2) is 9.78 Å². The average Bonchev–Trinajstić information content (AvgIpc) is 2.99. The molecule has 0 saturated heterocycles. The number of aromatic amines is 1. The van der Waals surface area contributed by atoms with Gasteiger partial charge in [-0.2, -0.15) is 0 Å². The number of rotatable bonds is 4. The molecule has 0 amide bonds. The SMILES string of the molecule is CCn1c(=O)c2[nH]c(C(C)C)nc2n(Cc2ccc(Cl)cc2)c1=O. The highest BCUT2D eigenvalue weighted by molar-refractivity contribution is 6.30.